The highest BCUT2D eigenvalue weighted by atomic mass is 16.6. The Hall–Kier alpha value is -3.82. The largest absolute Gasteiger partial charge is 0.465 e. The maximum absolute atomic E-state index is 14.2. The number of anilines is 1. The van der Waals surface area contributed by atoms with E-state index in [2.05, 4.69) is 0 Å². The molecular formula is C24H28N2O8. The van der Waals surface area contributed by atoms with E-state index < -0.39 is 41.9 Å². The fourth-order valence-electron chi connectivity index (χ4n) is 4.30. The van der Waals surface area contributed by atoms with E-state index in [9.17, 15) is 19.2 Å². The molecule has 182 valence electrons. The number of hydrogen-bond donors (Lipinski definition) is 1. The summed E-state index contributed by atoms with van der Waals surface area (Å²) in [5, 5.41) is 0. The van der Waals surface area contributed by atoms with E-state index in [0.717, 1.165) is 0 Å². The normalized spacial score (nSPS) is 19.4. The van der Waals surface area contributed by atoms with Crippen LogP contribution in [0.4, 0.5) is 5.69 Å². The quantitative estimate of drug-likeness (QED) is 0.466. The standard InChI is InChI=1S/C24H28N2O8/c1-6-31-17(27)12-26-16-11-9-8-10-15(16)24(23(26)30)18(22(29)33-13(3)4)14(5)34-20(25)19(24)21(28)32-7-2/h8-11,13H,6-7,12,25H2,1-5H3/t24-/m0/s1. The zero-order valence-electron chi connectivity index (χ0n) is 19.8. The third-order valence-electron chi connectivity index (χ3n) is 5.40. The van der Waals surface area contributed by atoms with Gasteiger partial charge in [-0.3, -0.25) is 14.5 Å². The second kappa shape index (κ2) is 9.58. The van der Waals surface area contributed by atoms with E-state index in [1.807, 2.05) is 0 Å². The molecular weight excluding hydrogens is 444 g/mol. The Labute approximate surface area is 197 Å². The Bertz CT molecular complexity index is 1100. The van der Waals surface area contributed by atoms with E-state index in [1.165, 1.54) is 11.8 Å². The van der Waals surface area contributed by atoms with E-state index in [0.29, 0.717) is 5.69 Å². The van der Waals surface area contributed by atoms with Crippen LogP contribution in [0.3, 0.4) is 0 Å². The molecule has 2 heterocycles. The van der Waals surface area contributed by atoms with E-state index in [1.54, 1.807) is 52.0 Å². The third kappa shape index (κ3) is 3.89. The number of carbonyl (C=O) groups excluding carboxylic acids is 4. The van der Waals surface area contributed by atoms with Crippen LogP contribution in [-0.2, 0) is 43.5 Å². The Morgan fingerprint density at radius 3 is 2.32 bits per heavy atom. The molecule has 1 spiro atoms. The molecule has 3 rings (SSSR count). The molecule has 0 aliphatic carbocycles. The van der Waals surface area contributed by atoms with Gasteiger partial charge < -0.3 is 24.7 Å². The van der Waals surface area contributed by atoms with E-state index >= 15 is 0 Å². The number of hydrogen-bond acceptors (Lipinski definition) is 9. The van der Waals surface area contributed by atoms with Gasteiger partial charge in [0.05, 0.1) is 19.3 Å². The molecule has 2 aliphatic rings. The van der Waals surface area contributed by atoms with Gasteiger partial charge in [0.1, 0.15) is 28.9 Å². The molecule has 1 atom stereocenters. The van der Waals surface area contributed by atoms with Crippen LogP contribution in [0.2, 0.25) is 0 Å². The number of para-hydroxylation sites is 1. The van der Waals surface area contributed by atoms with Crippen molar-refractivity contribution in [2.75, 3.05) is 24.7 Å². The summed E-state index contributed by atoms with van der Waals surface area (Å²) in [6.07, 6.45) is -0.526. The number of rotatable bonds is 7. The van der Waals surface area contributed by atoms with Crippen LogP contribution in [0.5, 0.6) is 0 Å². The van der Waals surface area contributed by atoms with Crippen molar-refractivity contribution in [3.63, 3.8) is 0 Å². The average molecular weight is 472 g/mol. The van der Waals surface area contributed by atoms with Gasteiger partial charge in [-0.1, -0.05) is 18.2 Å². The monoisotopic (exact) mass is 472 g/mol. The molecule has 2 N–H and O–H groups in total. The van der Waals surface area contributed by atoms with Crippen molar-refractivity contribution in [1.82, 2.24) is 0 Å². The van der Waals surface area contributed by atoms with Crippen LogP contribution in [0.1, 0.15) is 40.2 Å². The minimum absolute atomic E-state index is 0.00247. The summed E-state index contributed by atoms with van der Waals surface area (Å²) in [4.78, 5) is 54.3. The van der Waals surface area contributed by atoms with Crippen molar-refractivity contribution < 1.29 is 38.1 Å². The lowest BCUT2D eigenvalue weighted by atomic mass is 9.67. The SMILES string of the molecule is CCOC(=O)CN1C(=O)[C@]2(C(C(=O)OC(C)C)=C(C)OC(N)=C2C(=O)OCC)c2ccccc21. The number of nitrogens with two attached hydrogens (primary N) is 1. The molecule has 0 bridgehead atoms. The van der Waals surface area contributed by atoms with Crippen molar-refractivity contribution in [2.24, 2.45) is 5.73 Å². The summed E-state index contributed by atoms with van der Waals surface area (Å²) in [5.74, 6) is -3.57. The topological polar surface area (TPSA) is 134 Å². The van der Waals surface area contributed by atoms with Crippen LogP contribution in [0.15, 0.2) is 47.1 Å². The summed E-state index contributed by atoms with van der Waals surface area (Å²) in [5.41, 5.74) is 4.14. The number of nitrogens with zero attached hydrogens (tertiary/aromatic N) is 1. The Morgan fingerprint density at radius 2 is 1.71 bits per heavy atom. The number of ether oxygens (including phenoxy) is 4. The fraction of sp³-hybridized carbons (Fsp3) is 0.417. The van der Waals surface area contributed by atoms with Gasteiger partial charge in [0, 0.05) is 11.3 Å². The number of carbonyl (C=O) groups is 4. The Balaban J connectivity index is 2.35. The van der Waals surface area contributed by atoms with Crippen molar-refractivity contribution >= 4 is 29.5 Å². The molecule has 0 saturated carbocycles. The van der Waals surface area contributed by atoms with Gasteiger partial charge >= 0.3 is 17.9 Å². The zero-order valence-corrected chi connectivity index (χ0v) is 19.8. The molecule has 1 amide bonds. The number of fused-ring (bicyclic) bond motifs is 2. The molecule has 1 aromatic carbocycles. The number of amides is 1. The van der Waals surface area contributed by atoms with Crippen molar-refractivity contribution in [1.29, 1.82) is 0 Å². The highest BCUT2D eigenvalue weighted by Crippen LogP contribution is 2.54. The van der Waals surface area contributed by atoms with Gasteiger partial charge in [-0.05, 0) is 40.7 Å². The van der Waals surface area contributed by atoms with Gasteiger partial charge in [-0.2, -0.15) is 0 Å². The molecule has 34 heavy (non-hydrogen) atoms. The lowest BCUT2D eigenvalue weighted by Crippen LogP contribution is -2.51. The second-order valence-corrected chi connectivity index (χ2v) is 7.91. The highest BCUT2D eigenvalue weighted by Gasteiger charge is 2.64. The van der Waals surface area contributed by atoms with Gasteiger partial charge in [0.15, 0.2) is 0 Å². The smallest absolute Gasteiger partial charge is 0.341 e. The third-order valence-corrected chi connectivity index (χ3v) is 5.40. The molecule has 0 fully saturated rings. The molecule has 0 unspecified atom stereocenters. The lowest BCUT2D eigenvalue weighted by Gasteiger charge is -2.36. The van der Waals surface area contributed by atoms with E-state index in [-0.39, 0.29) is 41.6 Å². The molecule has 10 nitrogen and oxygen atoms in total. The zero-order chi connectivity index (χ0) is 25.2. The second-order valence-electron chi connectivity index (χ2n) is 7.91. The average Bonchev–Trinajstić information content (AvgIpc) is 2.97. The lowest BCUT2D eigenvalue weighted by molar-refractivity contribution is -0.146. The van der Waals surface area contributed by atoms with Crippen molar-refractivity contribution in [3.8, 4) is 0 Å². The van der Waals surface area contributed by atoms with E-state index in [4.69, 9.17) is 24.7 Å². The molecule has 2 aliphatic heterocycles. The minimum Gasteiger partial charge on any atom is -0.465 e. The first-order valence-electron chi connectivity index (χ1n) is 11.0. The molecule has 0 aromatic heterocycles. The highest BCUT2D eigenvalue weighted by molar-refractivity contribution is 6.23. The summed E-state index contributed by atoms with van der Waals surface area (Å²) in [6, 6.07) is 6.52. The first-order chi connectivity index (χ1) is 16.1. The number of esters is 3. The summed E-state index contributed by atoms with van der Waals surface area (Å²) in [7, 11) is 0. The van der Waals surface area contributed by atoms with Crippen LogP contribution in [-0.4, -0.2) is 49.7 Å². The summed E-state index contributed by atoms with van der Waals surface area (Å²) >= 11 is 0. The summed E-state index contributed by atoms with van der Waals surface area (Å²) in [6.45, 7) is 7.67. The van der Waals surface area contributed by atoms with Crippen LogP contribution >= 0.6 is 0 Å². The molecule has 1 aromatic rings. The van der Waals surface area contributed by atoms with Crippen LogP contribution in [0.25, 0.3) is 0 Å². The first-order valence-corrected chi connectivity index (χ1v) is 11.0. The minimum atomic E-state index is -2.03. The van der Waals surface area contributed by atoms with Gasteiger partial charge in [0.25, 0.3) is 0 Å². The maximum atomic E-state index is 14.2. The Morgan fingerprint density at radius 1 is 1.06 bits per heavy atom. The van der Waals surface area contributed by atoms with Gasteiger partial charge in [-0.15, -0.1) is 0 Å². The summed E-state index contributed by atoms with van der Waals surface area (Å²) < 4.78 is 21.2. The van der Waals surface area contributed by atoms with Gasteiger partial charge in [-0.25, -0.2) is 9.59 Å². The number of benzene rings is 1. The molecule has 0 saturated heterocycles. The fourth-order valence-corrected chi connectivity index (χ4v) is 4.30. The van der Waals surface area contributed by atoms with Crippen molar-refractivity contribution in [2.45, 2.75) is 46.1 Å². The number of allylic oxidation sites excluding steroid dienone is 1. The van der Waals surface area contributed by atoms with Crippen LogP contribution in [0, 0.1) is 0 Å². The predicted molar refractivity (Wildman–Crippen MR) is 120 cm³/mol. The molecule has 10 heteroatoms. The first kappa shape index (κ1) is 24.8. The Kier molecular flexibility index (Phi) is 6.99. The predicted octanol–water partition coefficient (Wildman–Crippen LogP) is 1.82. The van der Waals surface area contributed by atoms with Crippen molar-refractivity contribution in [3.05, 3.63) is 52.6 Å². The molecule has 0 radical (unpaired) electrons. The maximum Gasteiger partial charge on any atom is 0.341 e. The van der Waals surface area contributed by atoms with Gasteiger partial charge in [0.2, 0.25) is 11.8 Å². The van der Waals surface area contributed by atoms with Crippen LogP contribution < -0.4 is 10.6 Å².